The molecule has 0 aliphatic carbocycles. The number of esters is 3. The average molecular weight is 883 g/mol. The molecule has 0 bridgehead atoms. The summed E-state index contributed by atoms with van der Waals surface area (Å²) in [7, 11) is 0. The van der Waals surface area contributed by atoms with Crippen molar-refractivity contribution in [2.75, 3.05) is 13.2 Å². The maximum Gasteiger partial charge on any atom is 0.306 e. The SMILES string of the molecule is CCCCC/C=C\C/C=C\C/C=C\CCCCCCC(=O)OC[C@H](COC(=O)CCCCCCCCC/C=C\CCCCCC)OC(=O)CCCCCCCCCCCCCCC. The molecule has 0 amide bonds. The van der Waals surface area contributed by atoms with Crippen LogP contribution in [-0.4, -0.2) is 37.2 Å². The first-order chi connectivity index (χ1) is 31.0. The molecule has 0 unspecified atom stereocenters. The topological polar surface area (TPSA) is 78.9 Å². The summed E-state index contributed by atoms with van der Waals surface area (Å²) < 4.78 is 16.8. The monoisotopic (exact) mass is 883 g/mol. The lowest BCUT2D eigenvalue weighted by Gasteiger charge is -2.18. The molecule has 0 aromatic carbocycles. The number of unbranched alkanes of at least 4 members (excludes halogenated alkanes) is 30. The fourth-order valence-electron chi connectivity index (χ4n) is 7.68. The molecule has 0 N–H and O–H groups in total. The van der Waals surface area contributed by atoms with E-state index < -0.39 is 6.10 Å². The number of carbonyl (C=O) groups excluding carboxylic acids is 3. The van der Waals surface area contributed by atoms with E-state index in [9.17, 15) is 14.4 Å². The molecule has 0 heterocycles. The Labute approximate surface area is 390 Å². The lowest BCUT2D eigenvalue weighted by molar-refractivity contribution is -0.167. The van der Waals surface area contributed by atoms with Crippen molar-refractivity contribution in [3.63, 3.8) is 0 Å². The van der Waals surface area contributed by atoms with Crippen LogP contribution in [0.5, 0.6) is 0 Å². The van der Waals surface area contributed by atoms with Crippen LogP contribution >= 0.6 is 0 Å². The molecule has 0 aromatic heterocycles. The summed E-state index contributed by atoms with van der Waals surface area (Å²) in [5.41, 5.74) is 0. The van der Waals surface area contributed by atoms with Crippen LogP contribution in [0.4, 0.5) is 0 Å². The van der Waals surface area contributed by atoms with Crippen molar-refractivity contribution in [2.24, 2.45) is 0 Å². The number of allylic oxidation sites excluding steroid dienone is 8. The maximum atomic E-state index is 12.8. The van der Waals surface area contributed by atoms with Crippen LogP contribution in [0.25, 0.3) is 0 Å². The third kappa shape index (κ3) is 50.2. The predicted octanol–water partition coefficient (Wildman–Crippen LogP) is 17.9. The molecule has 0 rings (SSSR count). The van der Waals surface area contributed by atoms with Crippen LogP contribution in [-0.2, 0) is 28.6 Å². The molecule has 63 heavy (non-hydrogen) atoms. The molecule has 1 atom stereocenters. The van der Waals surface area contributed by atoms with Gasteiger partial charge in [0.15, 0.2) is 6.10 Å². The van der Waals surface area contributed by atoms with E-state index in [1.807, 2.05) is 0 Å². The van der Waals surface area contributed by atoms with E-state index in [1.165, 1.54) is 154 Å². The fraction of sp³-hybridized carbons (Fsp3) is 0.807. The zero-order chi connectivity index (χ0) is 45.8. The Bertz CT molecular complexity index is 1110. The van der Waals surface area contributed by atoms with Crippen molar-refractivity contribution in [3.8, 4) is 0 Å². The van der Waals surface area contributed by atoms with Crippen LogP contribution in [0.3, 0.4) is 0 Å². The molecule has 0 aromatic rings. The Hall–Kier alpha value is -2.63. The lowest BCUT2D eigenvalue weighted by atomic mass is 10.0. The van der Waals surface area contributed by atoms with E-state index in [1.54, 1.807) is 0 Å². The lowest BCUT2D eigenvalue weighted by Crippen LogP contribution is -2.30. The third-order valence-electron chi connectivity index (χ3n) is 11.8. The third-order valence-corrected chi connectivity index (χ3v) is 11.8. The van der Waals surface area contributed by atoms with E-state index in [2.05, 4.69) is 69.4 Å². The van der Waals surface area contributed by atoms with Crippen LogP contribution in [0, 0.1) is 0 Å². The van der Waals surface area contributed by atoms with Gasteiger partial charge in [-0.25, -0.2) is 0 Å². The Balaban J connectivity index is 4.39. The van der Waals surface area contributed by atoms with Crippen molar-refractivity contribution >= 4 is 17.9 Å². The summed E-state index contributed by atoms with van der Waals surface area (Å²) in [6.45, 7) is 6.59. The quantitative estimate of drug-likeness (QED) is 0.0262. The van der Waals surface area contributed by atoms with Gasteiger partial charge in [0.2, 0.25) is 0 Å². The van der Waals surface area contributed by atoms with Gasteiger partial charge in [0.05, 0.1) is 0 Å². The van der Waals surface area contributed by atoms with Gasteiger partial charge in [-0.1, -0.05) is 223 Å². The maximum absolute atomic E-state index is 12.8. The van der Waals surface area contributed by atoms with Gasteiger partial charge in [-0.15, -0.1) is 0 Å². The highest BCUT2D eigenvalue weighted by atomic mass is 16.6. The van der Waals surface area contributed by atoms with E-state index >= 15 is 0 Å². The minimum atomic E-state index is -0.781. The van der Waals surface area contributed by atoms with E-state index in [4.69, 9.17) is 14.2 Å². The Morgan fingerprint density at radius 2 is 0.571 bits per heavy atom. The standard InChI is InChI=1S/C57H102O6/c1-4-7-10-13-16-19-22-25-27-28-30-33-35-38-41-44-47-50-56(59)62-53-54(63-57(60)51-48-45-42-39-36-31-24-21-18-15-12-9-6-3)52-61-55(58)49-46-43-40-37-34-32-29-26-23-20-17-14-11-8-5-2/h16,19-20,23,25,27,30,33,54H,4-15,17-18,21-22,24,26,28-29,31-32,34-53H2,1-3H3/b19-16-,23-20-,27-25-,33-30-/t54-/m0/s1. The minimum absolute atomic E-state index is 0.0802. The molecule has 0 aliphatic rings. The molecule has 0 saturated carbocycles. The van der Waals surface area contributed by atoms with E-state index in [-0.39, 0.29) is 31.1 Å². The molecule has 0 radical (unpaired) electrons. The van der Waals surface area contributed by atoms with Gasteiger partial charge in [-0.3, -0.25) is 14.4 Å². The van der Waals surface area contributed by atoms with E-state index in [0.717, 1.165) is 83.5 Å². The highest BCUT2D eigenvalue weighted by Crippen LogP contribution is 2.15. The Morgan fingerprint density at radius 1 is 0.317 bits per heavy atom. The summed E-state index contributed by atoms with van der Waals surface area (Å²) >= 11 is 0. The highest BCUT2D eigenvalue weighted by molar-refractivity contribution is 5.71. The first-order valence-corrected chi connectivity index (χ1v) is 27.1. The van der Waals surface area contributed by atoms with Crippen molar-refractivity contribution in [1.82, 2.24) is 0 Å². The normalized spacial score (nSPS) is 12.4. The minimum Gasteiger partial charge on any atom is -0.462 e. The van der Waals surface area contributed by atoms with Gasteiger partial charge >= 0.3 is 17.9 Å². The number of ether oxygens (including phenoxy) is 3. The van der Waals surface area contributed by atoms with Gasteiger partial charge in [0, 0.05) is 19.3 Å². The van der Waals surface area contributed by atoms with Crippen LogP contribution in [0.15, 0.2) is 48.6 Å². The molecular weight excluding hydrogens is 781 g/mol. The first-order valence-electron chi connectivity index (χ1n) is 27.1. The highest BCUT2D eigenvalue weighted by Gasteiger charge is 2.19. The summed E-state index contributed by atoms with van der Waals surface area (Å²) in [6.07, 6.45) is 62.3. The molecule has 0 saturated heterocycles. The van der Waals surface area contributed by atoms with Gasteiger partial charge in [-0.05, 0) is 83.5 Å². The summed E-state index contributed by atoms with van der Waals surface area (Å²) in [5, 5.41) is 0. The predicted molar refractivity (Wildman–Crippen MR) is 270 cm³/mol. The van der Waals surface area contributed by atoms with E-state index in [0.29, 0.717) is 19.3 Å². The van der Waals surface area contributed by atoms with Crippen LogP contribution in [0.2, 0.25) is 0 Å². The number of carbonyl (C=O) groups is 3. The summed E-state index contributed by atoms with van der Waals surface area (Å²) in [6, 6.07) is 0. The van der Waals surface area contributed by atoms with Gasteiger partial charge in [0.25, 0.3) is 0 Å². The first kappa shape index (κ1) is 60.4. The summed E-state index contributed by atoms with van der Waals surface area (Å²) in [4.78, 5) is 38.0. The second-order valence-corrected chi connectivity index (χ2v) is 18.1. The molecular formula is C57H102O6. The molecule has 0 fully saturated rings. The van der Waals surface area contributed by atoms with Gasteiger partial charge in [0.1, 0.15) is 13.2 Å². The molecule has 0 aliphatic heterocycles. The van der Waals surface area contributed by atoms with Crippen molar-refractivity contribution < 1.29 is 28.6 Å². The van der Waals surface area contributed by atoms with Crippen molar-refractivity contribution in [3.05, 3.63) is 48.6 Å². The zero-order valence-corrected chi connectivity index (χ0v) is 41.8. The van der Waals surface area contributed by atoms with Crippen molar-refractivity contribution in [2.45, 2.75) is 284 Å². The van der Waals surface area contributed by atoms with Gasteiger partial charge < -0.3 is 14.2 Å². The fourth-order valence-corrected chi connectivity index (χ4v) is 7.68. The van der Waals surface area contributed by atoms with Gasteiger partial charge in [-0.2, -0.15) is 0 Å². The molecule has 366 valence electrons. The molecule has 0 spiro atoms. The Kier molecular flexibility index (Phi) is 49.8. The summed E-state index contributed by atoms with van der Waals surface area (Å²) in [5.74, 6) is -0.896. The number of rotatable bonds is 49. The van der Waals surface area contributed by atoms with Crippen LogP contribution < -0.4 is 0 Å². The smallest absolute Gasteiger partial charge is 0.306 e. The van der Waals surface area contributed by atoms with Crippen molar-refractivity contribution in [1.29, 1.82) is 0 Å². The zero-order valence-electron chi connectivity index (χ0n) is 41.8. The van der Waals surface area contributed by atoms with Crippen LogP contribution in [0.1, 0.15) is 278 Å². The average Bonchev–Trinajstić information content (AvgIpc) is 3.28. The second kappa shape index (κ2) is 52.0. The largest absolute Gasteiger partial charge is 0.462 e. The molecule has 6 heteroatoms. The number of hydrogen-bond donors (Lipinski definition) is 0. The Morgan fingerprint density at radius 3 is 0.952 bits per heavy atom. The number of hydrogen-bond acceptors (Lipinski definition) is 6. The molecule has 6 nitrogen and oxygen atoms in total. The second-order valence-electron chi connectivity index (χ2n) is 18.1.